The summed E-state index contributed by atoms with van der Waals surface area (Å²) >= 11 is 0. The average Bonchev–Trinajstić information content (AvgIpc) is 2.47. The van der Waals surface area contributed by atoms with Crippen LogP contribution in [0.1, 0.15) is 18.4 Å². The largest absolute Gasteiger partial charge is 0.493 e. The number of hydrogen-bond donors (Lipinski definition) is 1. The lowest BCUT2D eigenvalue weighted by molar-refractivity contribution is 0.165. The number of likely N-dealkylation sites (tertiary alicyclic amines) is 1. The van der Waals surface area contributed by atoms with Crippen LogP contribution in [0.15, 0.2) is 18.2 Å². The van der Waals surface area contributed by atoms with Crippen molar-refractivity contribution >= 4 is 0 Å². The smallest absolute Gasteiger partial charge is 0.165 e. The van der Waals surface area contributed by atoms with Gasteiger partial charge in [0, 0.05) is 18.7 Å². The number of piperidine rings is 1. The number of benzene rings is 1. The molecule has 4 heteroatoms. The van der Waals surface area contributed by atoms with E-state index < -0.39 is 0 Å². The molecule has 1 N–H and O–H groups in total. The Morgan fingerprint density at radius 2 is 2.15 bits per heavy atom. The summed E-state index contributed by atoms with van der Waals surface area (Å²) in [5, 5.41) is 3.29. The van der Waals surface area contributed by atoms with Gasteiger partial charge in [-0.3, -0.25) is 4.90 Å². The summed E-state index contributed by atoms with van der Waals surface area (Å²) in [6, 6.07) is 6.11. The molecule has 0 bridgehead atoms. The summed E-state index contributed by atoms with van der Waals surface area (Å²) in [7, 11) is 5.43. The van der Waals surface area contributed by atoms with Crippen LogP contribution in [0, 0.1) is 5.92 Å². The molecule has 0 aliphatic carbocycles. The number of nitrogens with one attached hydrogen (secondary N) is 1. The van der Waals surface area contributed by atoms with Crippen molar-refractivity contribution in [1.29, 1.82) is 0 Å². The van der Waals surface area contributed by atoms with Gasteiger partial charge in [-0.15, -0.1) is 0 Å². The molecule has 20 heavy (non-hydrogen) atoms. The molecule has 112 valence electrons. The summed E-state index contributed by atoms with van der Waals surface area (Å²) in [5.74, 6) is 2.44. The first-order chi connectivity index (χ1) is 9.78. The van der Waals surface area contributed by atoms with Gasteiger partial charge in [0.05, 0.1) is 14.2 Å². The topological polar surface area (TPSA) is 33.7 Å². The normalized spacial score (nSPS) is 19.9. The first-order valence-corrected chi connectivity index (χ1v) is 7.35. The standard InChI is InChI=1S/C16H26N2O2/c1-17-10-13-6-5-9-18(11-13)12-14-7-4-8-15(19-2)16(14)20-3/h4,7-8,13,17H,5-6,9-12H2,1-3H3. The molecule has 1 atom stereocenters. The van der Waals surface area contributed by atoms with Crippen molar-refractivity contribution < 1.29 is 9.47 Å². The first kappa shape index (κ1) is 15.1. The summed E-state index contributed by atoms with van der Waals surface area (Å²) < 4.78 is 10.9. The summed E-state index contributed by atoms with van der Waals surface area (Å²) in [5.41, 5.74) is 1.21. The lowest BCUT2D eigenvalue weighted by atomic mass is 9.97. The highest BCUT2D eigenvalue weighted by molar-refractivity contribution is 5.46. The van der Waals surface area contributed by atoms with Gasteiger partial charge in [0.2, 0.25) is 0 Å². The maximum atomic E-state index is 5.52. The van der Waals surface area contributed by atoms with E-state index >= 15 is 0 Å². The van der Waals surface area contributed by atoms with Crippen LogP contribution >= 0.6 is 0 Å². The third-order valence-corrected chi connectivity index (χ3v) is 3.97. The van der Waals surface area contributed by atoms with Gasteiger partial charge in [0.15, 0.2) is 11.5 Å². The van der Waals surface area contributed by atoms with Crippen LogP contribution < -0.4 is 14.8 Å². The molecule has 1 aliphatic rings. The van der Waals surface area contributed by atoms with Crippen molar-refractivity contribution in [1.82, 2.24) is 10.2 Å². The molecule has 0 radical (unpaired) electrons. The molecular formula is C16H26N2O2. The molecule has 2 rings (SSSR count). The van der Waals surface area contributed by atoms with Gasteiger partial charge in [-0.1, -0.05) is 12.1 Å². The number of methoxy groups -OCH3 is 2. The van der Waals surface area contributed by atoms with Crippen LogP contribution in [0.3, 0.4) is 0 Å². The van der Waals surface area contributed by atoms with Crippen LogP contribution in [0.2, 0.25) is 0 Å². The third-order valence-electron chi connectivity index (χ3n) is 3.97. The number of rotatable bonds is 6. The van der Waals surface area contributed by atoms with E-state index in [1.165, 1.54) is 24.9 Å². The minimum atomic E-state index is 0.755. The van der Waals surface area contributed by atoms with Gasteiger partial charge in [0.25, 0.3) is 0 Å². The van der Waals surface area contributed by atoms with Gasteiger partial charge >= 0.3 is 0 Å². The Morgan fingerprint density at radius 3 is 2.85 bits per heavy atom. The molecule has 0 aromatic heterocycles. The zero-order chi connectivity index (χ0) is 14.4. The SMILES string of the molecule is CNCC1CCCN(Cc2cccc(OC)c2OC)C1. The zero-order valence-electron chi connectivity index (χ0n) is 12.8. The molecule has 1 unspecified atom stereocenters. The molecule has 1 fully saturated rings. The van der Waals surface area contributed by atoms with E-state index in [9.17, 15) is 0 Å². The van der Waals surface area contributed by atoms with Crippen molar-refractivity contribution in [3.8, 4) is 11.5 Å². The first-order valence-electron chi connectivity index (χ1n) is 7.35. The minimum absolute atomic E-state index is 0.755. The van der Waals surface area contributed by atoms with Crippen LogP contribution in [0.4, 0.5) is 0 Å². The maximum Gasteiger partial charge on any atom is 0.165 e. The third kappa shape index (κ3) is 3.64. The number of para-hydroxylation sites is 1. The molecule has 1 saturated heterocycles. The van der Waals surface area contributed by atoms with Crippen LogP contribution in [0.5, 0.6) is 11.5 Å². The quantitative estimate of drug-likeness (QED) is 0.864. The molecule has 4 nitrogen and oxygen atoms in total. The molecule has 1 aliphatic heterocycles. The summed E-state index contributed by atoms with van der Waals surface area (Å²) in [4.78, 5) is 2.52. The predicted octanol–water partition coefficient (Wildman–Crippen LogP) is 2.14. The van der Waals surface area contributed by atoms with Gasteiger partial charge in [-0.2, -0.15) is 0 Å². The fraction of sp³-hybridized carbons (Fsp3) is 0.625. The lowest BCUT2D eigenvalue weighted by Crippen LogP contribution is -2.38. The molecule has 1 aromatic carbocycles. The Morgan fingerprint density at radius 1 is 1.30 bits per heavy atom. The van der Waals surface area contributed by atoms with E-state index in [0.29, 0.717) is 0 Å². The van der Waals surface area contributed by atoms with Crippen LogP contribution in [-0.2, 0) is 6.54 Å². The lowest BCUT2D eigenvalue weighted by Gasteiger charge is -2.33. The Kier molecular flexibility index (Phi) is 5.68. The Hall–Kier alpha value is -1.26. The average molecular weight is 278 g/mol. The Bertz CT molecular complexity index is 421. The second kappa shape index (κ2) is 7.50. The fourth-order valence-electron chi connectivity index (χ4n) is 3.07. The molecule has 1 heterocycles. The highest BCUT2D eigenvalue weighted by atomic mass is 16.5. The summed E-state index contributed by atoms with van der Waals surface area (Å²) in [6.07, 6.45) is 2.60. The van der Waals surface area contributed by atoms with E-state index in [1.807, 2.05) is 19.2 Å². The number of ether oxygens (including phenoxy) is 2. The number of nitrogens with zero attached hydrogens (tertiary/aromatic N) is 1. The highest BCUT2D eigenvalue weighted by Gasteiger charge is 2.21. The monoisotopic (exact) mass is 278 g/mol. The van der Waals surface area contributed by atoms with Crippen molar-refractivity contribution in [2.75, 3.05) is 40.9 Å². The maximum absolute atomic E-state index is 5.52. The predicted molar refractivity (Wildman–Crippen MR) is 81.5 cm³/mol. The van der Waals surface area contributed by atoms with E-state index in [1.54, 1.807) is 14.2 Å². The Balaban J connectivity index is 2.05. The second-order valence-corrected chi connectivity index (χ2v) is 5.45. The van der Waals surface area contributed by atoms with Gasteiger partial charge < -0.3 is 14.8 Å². The fourth-order valence-corrected chi connectivity index (χ4v) is 3.07. The molecule has 0 amide bonds. The van der Waals surface area contributed by atoms with E-state index in [0.717, 1.165) is 37.1 Å². The van der Waals surface area contributed by atoms with Crippen LogP contribution in [-0.4, -0.2) is 45.8 Å². The van der Waals surface area contributed by atoms with E-state index in [-0.39, 0.29) is 0 Å². The molecular weight excluding hydrogens is 252 g/mol. The zero-order valence-corrected chi connectivity index (χ0v) is 12.8. The van der Waals surface area contributed by atoms with Crippen molar-refractivity contribution in [3.63, 3.8) is 0 Å². The molecule has 1 aromatic rings. The van der Waals surface area contributed by atoms with Crippen LogP contribution in [0.25, 0.3) is 0 Å². The van der Waals surface area contributed by atoms with Gasteiger partial charge in [-0.25, -0.2) is 0 Å². The Labute approximate surface area is 122 Å². The molecule has 0 spiro atoms. The van der Waals surface area contributed by atoms with E-state index in [4.69, 9.17) is 9.47 Å². The van der Waals surface area contributed by atoms with Crippen molar-refractivity contribution in [2.24, 2.45) is 5.92 Å². The second-order valence-electron chi connectivity index (χ2n) is 5.45. The minimum Gasteiger partial charge on any atom is -0.493 e. The van der Waals surface area contributed by atoms with Gasteiger partial charge in [-0.05, 0) is 45.0 Å². The highest BCUT2D eigenvalue weighted by Crippen LogP contribution is 2.32. The van der Waals surface area contributed by atoms with Gasteiger partial charge in [0.1, 0.15) is 0 Å². The van der Waals surface area contributed by atoms with Crippen molar-refractivity contribution in [2.45, 2.75) is 19.4 Å². The summed E-state index contributed by atoms with van der Waals surface area (Å²) in [6.45, 7) is 4.36. The van der Waals surface area contributed by atoms with E-state index in [2.05, 4.69) is 16.3 Å². The van der Waals surface area contributed by atoms with Crippen molar-refractivity contribution in [3.05, 3.63) is 23.8 Å². The number of hydrogen-bond acceptors (Lipinski definition) is 4. The molecule has 0 saturated carbocycles.